The summed E-state index contributed by atoms with van der Waals surface area (Å²) in [4.78, 5) is 9.15. The van der Waals surface area contributed by atoms with E-state index in [0.717, 1.165) is 32.0 Å². The van der Waals surface area contributed by atoms with Gasteiger partial charge in [-0.25, -0.2) is 4.98 Å². The highest BCUT2D eigenvalue weighted by molar-refractivity contribution is 5.38. The third-order valence-corrected chi connectivity index (χ3v) is 3.88. The number of piperazine rings is 1. The Morgan fingerprint density at radius 1 is 1.20 bits per heavy atom. The van der Waals surface area contributed by atoms with Crippen LogP contribution in [0.1, 0.15) is 11.6 Å². The first kappa shape index (κ1) is 13.1. The number of hydrogen-bond acceptors (Lipinski definition) is 5. The number of nitrogens with zero attached hydrogens (tertiary/aromatic N) is 3. The fraction of sp³-hybridized carbons (Fsp3) is 0.400. The summed E-state index contributed by atoms with van der Waals surface area (Å²) in [5.41, 5.74) is 7.10. The molecule has 1 atom stereocenters. The zero-order valence-corrected chi connectivity index (χ0v) is 11.5. The first-order chi connectivity index (χ1) is 9.88. The highest BCUT2D eigenvalue weighted by Gasteiger charge is 2.25. The molecule has 0 aliphatic carbocycles. The Morgan fingerprint density at radius 2 is 2.05 bits per heavy atom. The molecule has 5 heteroatoms. The summed E-state index contributed by atoms with van der Waals surface area (Å²) < 4.78 is 5.18. The zero-order chi connectivity index (χ0) is 13.8. The standard InChI is InChI=1S/C15H20N4O/c16-11-14(13-4-10-20-12-13)18-6-8-19(9-7-18)15-3-1-2-5-17-15/h1-5,10,12,14H,6-9,11,16H2. The lowest BCUT2D eigenvalue weighted by Crippen LogP contribution is -2.49. The number of hydrogen-bond donors (Lipinski definition) is 1. The van der Waals surface area contributed by atoms with Crippen molar-refractivity contribution in [2.24, 2.45) is 5.73 Å². The lowest BCUT2D eigenvalue weighted by Gasteiger charge is -2.39. The molecular weight excluding hydrogens is 252 g/mol. The molecule has 2 aromatic heterocycles. The van der Waals surface area contributed by atoms with Crippen LogP contribution in [0.5, 0.6) is 0 Å². The molecular formula is C15H20N4O. The highest BCUT2D eigenvalue weighted by atomic mass is 16.3. The quantitative estimate of drug-likeness (QED) is 0.914. The predicted molar refractivity (Wildman–Crippen MR) is 78.5 cm³/mol. The van der Waals surface area contributed by atoms with Crippen molar-refractivity contribution in [3.05, 3.63) is 48.6 Å². The van der Waals surface area contributed by atoms with E-state index >= 15 is 0 Å². The van der Waals surface area contributed by atoms with Gasteiger partial charge in [-0.3, -0.25) is 4.90 Å². The molecule has 0 bridgehead atoms. The van der Waals surface area contributed by atoms with Crippen LogP contribution in [0.2, 0.25) is 0 Å². The van der Waals surface area contributed by atoms with Gasteiger partial charge in [-0.15, -0.1) is 0 Å². The van der Waals surface area contributed by atoms with Crippen LogP contribution in [0.4, 0.5) is 5.82 Å². The molecule has 1 aliphatic rings. The number of rotatable bonds is 4. The molecule has 0 radical (unpaired) electrons. The molecule has 0 aromatic carbocycles. The minimum atomic E-state index is 0.250. The Hall–Kier alpha value is -1.85. The molecule has 2 N–H and O–H groups in total. The summed E-state index contributed by atoms with van der Waals surface area (Å²) in [6.45, 7) is 4.55. The van der Waals surface area contributed by atoms with Crippen molar-refractivity contribution < 1.29 is 4.42 Å². The van der Waals surface area contributed by atoms with Crippen LogP contribution in [0, 0.1) is 0 Å². The van der Waals surface area contributed by atoms with Crippen molar-refractivity contribution in [2.45, 2.75) is 6.04 Å². The van der Waals surface area contributed by atoms with E-state index in [1.54, 1.807) is 12.5 Å². The van der Waals surface area contributed by atoms with Crippen molar-refractivity contribution in [2.75, 3.05) is 37.6 Å². The van der Waals surface area contributed by atoms with E-state index in [4.69, 9.17) is 10.2 Å². The fourth-order valence-electron chi connectivity index (χ4n) is 2.76. The molecule has 1 saturated heterocycles. The van der Waals surface area contributed by atoms with Crippen LogP contribution in [0.3, 0.4) is 0 Å². The van der Waals surface area contributed by atoms with Crippen molar-refractivity contribution in [3.8, 4) is 0 Å². The van der Waals surface area contributed by atoms with Crippen LogP contribution in [-0.4, -0.2) is 42.6 Å². The van der Waals surface area contributed by atoms with E-state index in [1.807, 2.05) is 24.4 Å². The smallest absolute Gasteiger partial charge is 0.128 e. The molecule has 1 aliphatic heterocycles. The summed E-state index contributed by atoms with van der Waals surface area (Å²) in [5, 5.41) is 0. The summed E-state index contributed by atoms with van der Waals surface area (Å²) in [7, 11) is 0. The van der Waals surface area contributed by atoms with Crippen LogP contribution in [-0.2, 0) is 0 Å². The van der Waals surface area contributed by atoms with Crippen LogP contribution >= 0.6 is 0 Å². The van der Waals surface area contributed by atoms with E-state index in [2.05, 4.69) is 20.9 Å². The molecule has 3 heterocycles. The van der Waals surface area contributed by atoms with Gasteiger partial charge in [0.25, 0.3) is 0 Å². The number of pyridine rings is 1. The summed E-state index contributed by atoms with van der Waals surface area (Å²) in [6.07, 6.45) is 5.35. The molecule has 0 saturated carbocycles. The van der Waals surface area contributed by atoms with Gasteiger partial charge in [0, 0.05) is 44.5 Å². The van der Waals surface area contributed by atoms with Gasteiger partial charge in [0.1, 0.15) is 5.82 Å². The molecule has 5 nitrogen and oxygen atoms in total. The predicted octanol–water partition coefficient (Wildman–Crippen LogP) is 1.50. The summed E-state index contributed by atoms with van der Waals surface area (Å²) >= 11 is 0. The minimum Gasteiger partial charge on any atom is -0.472 e. The lowest BCUT2D eigenvalue weighted by molar-refractivity contribution is 0.189. The Kier molecular flexibility index (Phi) is 3.99. The van der Waals surface area contributed by atoms with Crippen LogP contribution in [0.25, 0.3) is 0 Å². The molecule has 1 unspecified atom stereocenters. The van der Waals surface area contributed by atoms with Crippen molar-refractivity contribution in [1.82, 2.24) is 9.88 Å². The largest absolute Gasteiger partial charge is 0.472 e. The molecule has 2 aromatic rings. The fourth-order valence-corrected chi connectivity index (χ4v) is 2.76. The van der Waals surface area contributed by atoms with Gasteiger partial charge in [-0.05, 0) is 18.2 Å². The highest BCUT2D eigenvalue weighted by Crippen LogP contribution is 2.22. The molecule has 20 heavy (non-hydrogen) atoms. The van der Waals surface area contributed by atoms with Crippen molar-refractivity contribution >= 4 is 5.82 Å². The normalized spacial score (nSPS) is 18.1. The zero-order valence-electron chi connectivity index (χ0n) is 11.5. The molecule has 106 valence electrons. The average Bonchev–Trinajstić information content (AvgIpc) is 3.04. The van der Waals surface area contributed by atoms with Crippen molar-refractivity contribution in [3.63, 3.8) is 0 Å². The Morgan fingerprint density at radius 3 is 2.65 bits per heavy atom. The van der Waals surface area contributed by atoms with Crippen LogP contribution < -0.4 is 10.6 Å². The van der Waals surface area contributed by atoms with E-state index in [-0.39, 0.29) is 6.04 Å². The van der Waals surface area contributed by atoms with Gasteiger partial charge >= 0.3 is 0 Å². The van der Waals surface area contributed by atoms with Gasteiger partial charge in [0.15, 0.2) is 0 Å². The number of anilines is 1. The first-order valence-corrected chi connectivity index (χ1v) is 7.00. The van der Waals surface area contributed by atoms with E-state index in [9.17, 15) is 0 Å². The SMILES string of the molecule is NCC(c1ccoc1)N1CCN(c2ccccn2)CC1. The van der Waals surface area contributed by atoms with Gasteiger partial charge < -0.3 is 15.1 Å². The molecule has 1 fully saturated rings. The van der Waals surface area contributed by atoms with Crippen LogP contribution in [0.15, 0.2) is 47.4 Å². The molecule has 3 rings (SSSR count). The third-order valence-electron chi connectivity index (χ3n) is 3.88. The minimum absolute atomic E-state index is 0.250. The topological polar surface area (TPSA) is 58.5 Å². The second-order valence-corrected chi connectivity index (χ2v) is 5.02. The maximum Gasteiger partial charge on any atom is 0.128 e. The Balaban J connectivity index is 1.63. The number of furan rings is 1. The second kappa shape index (κ2) is 6.07. The second-order valence-electron chi connectivity index (χ2n) is 5.02. The monoisotopic (exact) mass is 272 g/mol. The van der Waals surface area contributed by atoms with Crippen molar-refractivity contribution in [1.29, 1.82) is 0 Å². The maximum absolute atomic E-state index is 5.93. The van der Waals surface area contributed by atoms with Gasteiger partial charge in [-0.1, -0.05) is 6.07 Å². The van der Waals surface area contributed by atoms with Gasteiger partial charge in [0.2, 0.25) is 0 Å². The molecule has 0 spiro atoms. The lowest BCUT2D eigenvalue weighted by atomic mass is 10.1. The van der Waals surface area contributed by atoms with E-state index < -0.39 is 0 Å². The Bertz CT molecular complexity index is 506. The maximum atomic E-state index is 5.93. The van der Waals surface area contributed by atoms with Gasteiger partial charge in [0.05, 0.1) is 18.6 Å². The van der Waals surface area contributed by atoms with Gasteiger partial charge in [-0.2, -0.15) is 0 Å². The Labute approximate surface area is 119 Å². The van der Waals surface area contributed by atoms with E-state index in [0.29, 0.717) is 6.54 Å². The summed E-state index contributed by atoms with van der Waals surface area (Å²) in [5.74, 6) is 1.06. The first-order valence-electron chi connectivity index (χ1n) is 7.00. The average molecular weight is 272 g/mol. The summed E-state index contributed by atoms with van der Waals surface area (Å²) in [6, 6.07) is 8.29. The third kappa shape index (κ3) is 2.69. The number of aromatic nitrogens is 1. The van der Waals surface area contributed by atoms with E-state index in [1.165, 1.54) is 5.56 Å². The molecule has 0 amide bonds. The number of nitrogens with two attached hydrogens (primary N) is 1.